The van der Waals surface area contributed by atoms with Gasteiger partial charge in [0.25, 0.3) is 0 Å². The molecule has 1 aliphatic heterocycles. The standard InChI is InChI=1S/C9H17NO4S/c1-2-7-15(13,14)10-6-4-3-5-8(10)9(11)12/h8H,2-7H2,1H3,(H,11,12). The van der Waals surface area contributed by atoms with Crippen LogP contribution in [0.4, 0.5) is 0 Å². The van der Waals surface area contributed by atoms with Gasteiger partial charge in [0.15, 0.2) is 0 Å². The summed E-state index contributed by atoms with van der Waals surface area (Å²) in [6.07, 6.45) is 2.49. The lowest BCUT2D eigenvalue weighted by Crippen LogP contribution is -2.48. The minimum absolute atomic E-state index is 0.0385. The van der Waals surface area contributed by atoms with E-state index in [-0.39, 0.29) is 5.75 Å². The molecule has 1 unspecified atom stereocenters. The lowest BCUT2D eigenvalue weighted by atomic mass is 10.1. The van der Waals surface area contributed by atoms with Gasteiger partial charge in [0.1, 0.15) is 6.04 Å². The molecule has 0 amide bonds. The Kier molecular flexibility index (Phi) is 4.10. The van der Waals surface area contributed by atoms with E-state index in [1.54, 1.807) is 6.92 Å². The summed E-state index contributed by atoms with van der Waals surface area (Å²) in [7, 11) is -3.38. The molecule has 15 heavy (non-hydrogen) atoms. The Morgan fingerprint density at radius 3 is 2.67 bits per heavy atom. The van der Waals surface area contributed by atoms with Crippen LogP contribution in [0, 0.1) is 0 Å². The molecule has 1 N–H and O–H groups in total. The summed E-state index contributed by atoms with van der Waals surface area (Å²) in [5.41, 5.74) is 0. The summed E-state index contributed by atoms with van der Waals surface area (Å²) >= 11 is 0. The number of nitrogens with zero attached hydrogens (tertiary/aromatic N) is 1. The molecule has 1 fully saturated rings. The van der Waals surface area contributed by atoms with Crippen molar-refractivity contribution in [2.75, 3.05) is 12.3 Å². The first-order valence-electron chi connectivity index (χ1n) is 5.21. The van der Waals surface area contributed by atoms with Gasteiger partial charge >= 0.3 is 5.97 Å². The number of hydrogen-bond acceptors (Lipinski definition) is 3. The van der Waals surface area contributed by atoms with Crippen LogP contribution in [0.5, 0.6) is 0 Å². The monoisotopic (exact) mass is 235 g/mol. The third-order valence-electron chi connectivity index (χ3n) is 2.56. The molecule has 1 aliphatic rings. The maximum Gasteiger partial charge on any atom is 0.322 e. The fraction of sp³-hybridized carbons (Fsp3) is 0.889. The van der Waals surface area contributed by atoms with Gasteiger partial charge < -0.3 is 5.11 Å². The van der Waals surface area contributed by atoms with Crippen molar-refractivity contribution in [3.8, 4) is 0 Å². The summed E-state index contributed by atoms with van der Waals surface area (Å²) in [6.45, 7) is 2.12. The Bertz CT molecular complexity index is 325. The molecule has 1 rings (SSSR count). The van der Waals surface area contributed by atoms with Crippen LogP contribution in [0.3, 0.4) is 0 Å². The highest BCUT2D eigenvalue weighted by atomic mass is 32.2. The Labute approximate surface area is 90.1 Å². The first-order chi connectivity index (χ1) is 6.99. The number of carboxylic acid groups (broad SMARTS) is 1. The molecule has 5 nitrogen and oxygen atoms in total. The second kappa shape index (κ2) is 4.94. The molecule has 0 spiro atoms. The summed E-state index contributed by atoms with van der Waals surface area (Å²) in [6, 6.07) is -0.852. The lowest BCUT2D eigenvalue weighted by Gasteiger charge is -2.31. The van der Waals surface area contributed by atoms with Crippen molar-refractivity contribution in [2.24, 2.45) is 0 Å². The van der Waals surface area contributed by atoms with E-state index >= 15 is 0 Å². The van der Waals surface area contributed by atoms with Gasteiger partial charge in [-0.1, -0.05) is 6.92 Å². The normalized spacial score (nSPS) is 23.9. The molecule has 6 heteroatoms. The van der Waals surface area contributed by atoms with Crippen LogP contribution < -0.4 is 0 Å². The zero-order valence-corrected chi connectivity index (χ0v) is 9.66. The predicted octanol–water partition coefficient (Wildman–Crippen LogP) is 0.665. The number of carbonyl (C=O) groups is 1. The molecular weight excluding hydrogens is 218 g/mol. The molecule has 1 saturated heterocycles. The van der Waals surface area contributed by atoms with E-state index in [1.807, 2.05) is 0 Å². The minimum atomic E-state index is -3.38. The highest BCUT2D eigenvalue weighted by Crippen LogP contribution is 2.21. The Morgan fingerprint density at radius 1 is 1.47 bits per heavy atom. The van der Waals surface area contributed by atoms with E-state index < -0.39 is 22.0 Å². The minimum Gasteiger partial charge on any atom is -0.480 e. The van der Waals surface area contributed by atoms with E-state index in [0.29, 0.717) is 19.4 Å². The summed E-state index contributed by atoms with van der Waals surface area (Å²) < 4.78 is 24.7. The van der Waals surface area contributed by atoms with Crippen molar-refractivity contribution in [3.05, 3.63) is 0 Å². The number of sulfonamides is 1. The number of aliphatic carboxylic acids is 1. The zero-order chi connectivity index (χ0) is 11.5. The molecule has 0 bridgehead atoms. The van der Waals surface area contributed by atoms with E-state index in [4.69, 9.17) is 5.11 Å². The van der Waals surface area contributed by atoms with Crippen LogP contribution in [-0.4, -0.2) is 42.1 Å². The van der Waals surface area contributed by atoms with Gasteiger partial charge in [-0.2, -0.15) is 4.31 Å². The average Bonchev–Trinajstić information content (AvgIpc) is 2.17. The Balaban J connectivity index is 2.85. The van der Waals surface area contributed by atoms with E-state index in [2.05, 4.69) is 0 Å². The topological polar surface area (TPSA) is 74.7 Å². The predicted molar refractivity (Wildman–Crippen MR) is 56.1 cm³/mol. The molecule has 0 aromatic rings. The molecule has 1 atom stereocenters. The van der Waals surface area contributed by atoms with Gasteiger partial charge in [-0.25, -0.2) is 8.42 Å². The number of carboxylic acids is 1. The fourth-order valence-corrected chi connectivity index (χ4v) is 3.60. The molecule has 0 saturated carbocycles. The number of piperidine rings is 1. The van der Waals surface area contributed by atoms with Crippen LogP contribution in [0.2, 0.25) is 0 Å². The van der Waals surface area contributed by atoms with Gasteiger partial charge in [-0.15, -0.1) is 0 Å². The molecule has 0 aliphatic carbocycles. The summed E-state index contributed by atoms with van der Waals surface area (Å²) in [4.78, 5) is 10.9. The van der Waals surface area contributed by atoms with Gasteiger partial charge in [0.2, 0.25) is 10.0 Å². The smallest absolute Gasteiger partial charge is 0.322 e. The number of hydrogen-bond donors (Lipinski definition) is 1. The van der Waals surface area contributed by atoms with Crippen LogP contribution >= 0.6 is 0 Å². The van der Waals surface area contributed by atoms with Crippen molar-refractivity contribution >= 4 is 16.0 Å². The molecule has 0 aromatic heterocycles. The van der Waals surface area contributed by atoms with Crippen LogP contribution in [0.15, 0.2) is 0 Å². The van der Waals surface area contributed by atoms with E-state index in [0.717, 1.165) is 17.1 Å². The first-order valence-corrected chi connectivity index (χ1v) is 6.82. The Hall–Kier alpha value is -0.620. The maximum atomic E-state index is 11.8. The Morgan fingerprint density at radius 2 is 2.13 bits per heavy atom. The SMILES string of the molecule is CCCS(=O)(=O)N1CCCCC1C(=O)O. The summed E-state index contributed by atoms with van der Waals surface area (Å²) in [5, 5.41) is 8.93. The summed E-state index contributed by atoms with van der Waals surface area (Å²) in [5.74, 6) is -0.995. The quantitative estimate of drug-likeness (QED) is 0.777. The van der Waals surface area contributed by atoms with Crippen molar-refractivity contribution in [3.63, 3.8) is 0 Å². The molecule has 0 aromatic carbocycles. The number of rotatable bonds is 4. The third kappa shape index (κ3) is 2.92. The van der Waals surface area contributed by atoms with Crippen molar-refractivity contribution in [1.82, 2.24) is 4.31 Å². The van der Waals surface area contributed by atoms with E-state index in [1.165, 1.54) is 0 Å². The fourth-order valence-electron chi connectivity index (χ4n) is 1.86. The molecule has 88 valence electrons. The third-order valence-corrected chi connectivity index (χ3v) is 4.63. The second-order valence-electron chi connectivity index (χ2n) is 3.78. The lowest BCUT2D eigenvalue weighted by molar-refractivity contribution is -0.142. The van der Waals surface area contributed by atoms with Gasteiger partial charge in [-0.3, -0.25) is 4.79 Å². The maximum absolute atomic E-state index is 11.8. The molecule has 0 radical (unpaired) electrons. The van der Waals surface area contributed by atoms with E-state index in [9.17, 15) is 13.2 Å². The van der Waals surface area contributed by atoms with Crippen molar-refractivity contribution in [1.29, 1.82) is 0 Å². The average molecular weight is 235 g/mol. The molecular formula is C9H17NO4S. The van der Waals surface area contributed by atoms with Gasteiger partial charge in [0, 0.05) is 6.54 Å². The van der Waals surface area contributed by atoms with Gasteiger partial charge in [-0.05, 0) is 25.7 Å². The van der Waals surface area contributed by atoms with Gasteiger partial charge in [0.05, 0.1) is 5.75 Å². The highest BCUT2D eigenvalue weighted by Gasteiger charge is 2.35. The van der Waals surface area contributed by atoms with Crippen LogP contribution in [0.1, 0.15) is 32.6 Å². The van der Waals surface area contributed by atoms with Crippen molar-refractivity contribution < 1.29 is 18.3 Å². The zero-order valence-electron chi connectivity index (χ0n) is 8.85. The van der Waals surface area contributed by atoms with Crippen molar-refractivity contribution in [2.45, 2.75) is 38.6 Å². The highest BCUT2D eigenvalue weighted by molar-refractivity contribution is 7.89. The largest absolute Gasteiger partial charge is 0.480 e. The second-order valence-corrected chi connectivity index (χ2v) is 5.82. The van der Waals surface area contributed by atoms with Crippen LogP contribution in [-0.2, 0) is 14.8 Å². The van der Waals surface area contributed by atoms with Crippen LogP contribution in [0.25, 0.3) is 0 Å². The first kappa shape index (κ1) is 12.4. The molecule has 1 heterocycles.